The monoisotopic (exact) mass is 493 g/mol. The maximum atomic E-state index is 13.2. The minimum absolute atomic E-state index is 0.196. The van der Waals surface area contributed by atoms with Gasteiger partial charge in [0.15, 0.2) is 0 Å². The van der Waals surface area contributed by atoms with Crippen LogP contribution in [0.4, 0.5) is 11.4 Å². The van der Waals surface area contributed by atoms with Crippen molar-refractivity contribution in [3.05, 3.63) is 88.5 Å². The van der Waals surface area contributed by atoms with Crippen LogP contribution in [-0.4, -0.2) is 27.3 Å². The minimum Gasteiger partial charge on any atom is -0.355 e. The molecule has 0 unspecified atom stereocenters. The number of aryl methyl sites for hydroxylation is 1. The predicted molar refractivity (Wildman–Crippen MR) is 140 cm³/mol. The van der Waals surface area contributed by atoms with Gasteiger partial charge >= 0.3 is 0 Å². The van der Waals surface area contributed by atoms with Crippen molar-refractivity contribution in [2.24, 2.45) is 0 Å². The molecule has 0 heterocycles. The molecule has 0 aliphatic heterocycles. The molecule has 0 aromatic heterocycles. The lowest BCUT2D eigenvalue weighted by atomic mass is 9.87. The largest absolute Gasteiger partial charge is 0.355 e. The number of rotatable bonds is 6. The first-order valence-corrected chi connectivity index (χ1v) is 12.7. The number of benzene rings is 3. The predicted octanol–water partition coefficient (Wildman–Crippen LogP) is 5.01. The van der Waals surface area contributed by atoms with Gasteiger partial charge < -0.3 is 10.6 Å². The van der Waals surface area contributed by atoms with Gasteiger partial charge in [-0.15, -0.1) is 0 Å². The van der Waals surface area contributed by atoms with Crippen LogP contribution in [0.15, 0.2) is 65.6 Å². The lowest BCUT2D eigenvalue weighted by Crippen LogP contribution is -2.20. The Labute approximate surface area is 207 Å². The maximum Gasteiger partial charge on any atom is 0.262 e. The molecule has 0 aliphatic rings. The summed E-state index contributed by atoms with van der Waals surface area (Å²) in [4.78, 5) is 25.2. The van der Waals surface area contributed by atoms with E-state index in [1.54, 1.807) is 69.4 Å². The molecule has 0 radical (unpaired) electrons. The Morgan fingerprint density at radius 2 is 1.54 bits per heavy atom. The van der Waals surface area contributed by atoms with Crippen LogP contribution in [0.2, 0.25) is 0 Å². The second-order valence-corrected chi connectivity index (χ2v) is 11.1. The average Bonchev–Trinajstić information content (AvgIpc) is 2.79. The van der Waals surface area contributed by atoms with Gasteiger partial charge in [-0.3, -0.25) is 14.3 Å². The summed E-state index contributed by atoms with van der Waals surface area (Å²) in [7, 11) is -2.34. The van der Waals surface area contributed by atoms with Crippen molar-refractivity contribution in [1.82, 2.24) is 5.32 Å². The van der Waals surface area contributed by atoms with E-state index in [9.17, 15) is 18.0 Å². The zero-order valence-electron chi connectivity index (χ0n) is 20.8. The minimum atomic E-state index is -3.88. The van der Waals surface area contributed by atoms with Crippen LogP contribution in [0.3, 0.4) is 0 Å². The molecule has 3 aromatic rings. The van der Waals surface area contributed by atoms with Gasteiger partial charge in [-0.25, -0.2) is 8.42 Å². The highest BCUT2D eigenvalue weighted by Crippen LogP contribution is 2.28. The van der Waals surface area contributed by atoms with Crippen molar-refractivity contribution >= 4 is 33.2 Å². The van der Waals surface area contributed by atoms with Crippen LogP contribution in [0.1, 0.15) is 58.2 Å². The molecule has 0 fully saturated rings. The molecule has 0 saturated heterocycles. The number of nitrogens with one attached hydrogen (secondary N) is 3. The standard InChI is InChI=1S/C27H31N3O4S/c1-17-13-14-20(27(3,4)5)16-24(17)35(33,34)30-21-10-7-9-19(15-21)25(31)29-23-12-8-11-22(18(23)2)26(32)28-6/h7-16,30H,1-6H3,(H,28,32)(H,29,31). The highest BCUT2D eigenvalue weighted by atomic mass is 32.2. The smallest absolute Gasteiger partial charge is 0.262 e. The van der Waals surface area contributed by atoms with Crippen LogP contribution in [0.5, 0.6) is 0 Å². The third-order valence-electron chi connectivity index (χ3n) is 5.77. The fourth-order valence-electron chi connectivity index (χ4n) is 3.64. The number of anilines is 2. The van der Waals surface area contributed by atoms with E-state index in [1.807, 2.05) is 26.8 Å². The lowest BCUT2D eigenvalue weighted by Gasteiger charge is -2.21. The Bertz CT molecular complexity index is 1390. The number of hydrogen-bond donors (Lipinski definition) is 3. The van der Waals surface area contributed by atoms with Crippen molar-refractivity contribution in [1.29, 1.82) is 0 Å². The summed E-state index contributed by atoms with van der Waals surface area (Å²) in [6.45, 7) is 9.57. The van der Waals surface area contributed by atoms with E-state index in [-0.39, 0.29) is 27.5 Å². The van der Waals surface area contributed by atoms with Gasteiger partial charge in [0.1, 0.15) is 0 Å². The van der Waals surface area contributed by atoms with Crippen LogP contribution in [-0.2, 0) is 15.4 Å². The fourth-order valence-corrected chi connectivity index (χ4v) is 4.96. The summed E-state index contributed by atoms with van der Waals surface area (Å²) >= 11 is 0. The zero-order valence-corrected chi connectivity index (χ0v) is 21.6. The lowest BCUT2D eigenvalue weighted by molar-refractivity contribution is 0.0960. The van der Waals surface area contributed by atoms with Crippen molar-refractivity contribution in [3.8, 4) is 0 Å². The molecule has 3 rings (SSSR count). The van der Waals surface area contributed by atoms with Crippen LogP contribution >= 0.6 is 0 Å². The van der Waals surface area contributed by atoms with E-state index in [2.05, 4.69) is 15.4 Å². The molecule has 0 atom stereocenters. The normalized spacial score (nSPS) is 11.6. The van der Waals surface area contributed by atoms with Gasteiger partial charge in [-0.1, -0.05) is 45.0 Å². The average molecular weight is 494 g/mol. The van der Waals surface area contributed by atoms with E-state index < -0.39 is 15.9 Å². The third-order valence-corrected chi connectivity index (χ3v) is 7.30. The summed E-state index contributed by atoms with van der Waals surface area (Å²) in [6, 6.07) is 16.8. The molecule has 184 valence electrons. The van der Waals surface area contributed by atoms with Crippen molar-refractivity contribution in [2.75, 3.05) is 17.1 Å². The number of amides is 2. The summed E-state index contributed by atoms with van der Waals surface area (Å²) in [5.41, 5.74) is 3.46. The number of carbonyl (C=O) groups is 2. The molecule has 3 aromatic carbocycles. The Morgan fingerprint density at radius 3 is 2.20 bits per heavy atom. The SMILES string of the molecule is CNC(=O)c1cccc(NC(=O)c2cccc(NS(=O)(=O)c3cc(C(C)(C)C)ccc3C)c2)c1C. The third kappa shape index (κ3) is 5.89. The molecular formula is C27H31N3O4S. The van der Waals surface area contributed by atoms with E-state index in [0.29, 0.717) is 22.4 Å². The summed E-state index contributed by atoms with van der Waals surface area (Å²) in [6.07, 6.45) is 0. The Morgan fingerprint density at radius 1 is 0.857 bits per heavy atom. The van der Waals surface area contributed by atoms with Gasteiger partial charge in [0.05, 0.1) is 4.90 Å². The van der Waals surface area contributed by atoms with E-state index >= 15 is 0 Å². The molecule has 35 heavy (non-hydrogen) atoms. The highest BCUT2D eigenvalue weighted by molar-refractivity contribution is 7.92. The molecule has 0 bridgehead atoms. The van der Waals surface area contributed by atoms with E-state index in [1.165, 1.54) is 6.07 Å². The summed E-state index contributed by atoms with van der Waals surface area (Å²) in [5.74, 6) is -0.671. The van der Waals surface area contributed by atoms with Gasteiger partial charge in [0.25, 0.3) is 21.8 Å². The fraction of sp³-hybridized carbons (Fsp3) is 0.259. The van der Waals surface area contributed by atoms with E-state index in [0.717, 1.165) is 5.56 Å². The molecule has 2 amide bonds. The molecule has 0 spiro atoms. The molecule has 8 heteroatoms. The van der Waals surface area contributed by atoms with Gasteiger partial charge in [0.2, 0.25) is 0 Å². The maximum absolute atomic E-state index is 13.2. The van der Waals surface area contributed by atoms with Crippen molar-refractivity contribution < 1.29 is 18.0 Å². The molecule has 0 aliphatic carbocycles. The Hall–Kier alpha value is -3.65. The quantitative estimate of drug-likeness (QED) is 0.449. The molecule has 3 N–H and O–H groups in total. The molecule has 7 nitrogen and oxygen atoms in total. The Balaban J connectivity index is 1.86. The molecule has 0 saturated carbocycles. The van der Waals surface area contributed by atoms with Gasteiger partial charge in [-0.05, 0) is 72.4 Å². The van der Waals surface area contributed by atoms with E-state index in [4.69, 9.17) is 0 Å². The topological polar surface area (TPSA) is 104 Å². The van der Waals surface area contributed by atoms with Crippen LogP contribution < -0.4 is 15.4 Å². The summed E-state index contributed by atoms with van der Waals surface area (Å²) < 4.78 is 29.0. The number of hydrogen-bond acceptors (Lipinski definition) is 4. The summed E-state index contributed by atoms with van der Waals surface area (Å²) in [5, 5.41) is 5.38. The first kappa shape index (κ1) is 26.0. The second kappa shape index (κ2) is 9.92. The first-order valence-electron chi connectivity index (χ1n) is 11.2. The first-order chi connectivity index (χ1) is 16.3. The zero-order chi connectivity index (χ0) is 26.0. The van der Waals surface area contributed by atoms with Crippen molar-refractivity contribution in [3.63, 3.8) is 0 Å². The highest BCUT2D eigenvalue weighted by Gasteiger charge is 2.22. The van der Waals surface area contributed by atoms with Gasteiger partial charge in [0, 0.05) is 29.5 Å². The Kier molecular flexibility index (Phi) is 7.36. The van der Waals surface area contributed by atoms with Gasteiger partial charge in [-0.2, -0.15) is 0 Å². The second-order valence-electron chi connectivity index (χ2n) is 9.43. The van der Waals surface area contributed by atoms with Crippen LogP contribution in [0.25, 0.3) is 0 Å². The van der Waals surface area contributed by atoms with Crippen molar-refractivity contribution in [2.45, 2.75) is 44.9 Å². The number of sulfonamides is 1. The van der Waals surface area contributed by atoms with Crippen LogP contribution in [0, 0.1) is 13.8 Å². The number of carbonyl (C=O) groups excluding carboxylic acids is 2. The molecular weight excluding hydrogens is 462 g/mol.